The van der Waals surface area contributed by atoms with Gasteiger partial charge in [0.15, 0.2) is 11.8 Å². The number of nitrogens with zero attached hydrogens (tertiary/aromatic N) is 1. The van der Waals surface area contributed by atoms with E-state index in [4.69, 9.17) is 9.47 Å². The largest absolute Gasteiger partial charge is 0.486 e. The minimum atomic E-state index is -4.42. The number of carbonyl (C=O) groups is 1. The van der Waals surface area contributed by atoms with Crippen LogP contribution in [0.4, 0.5) is 13.2 Å². The Morgan fingerprint density at radius 2 is 1.61 bits per heavy atom. The quantitative estimate of drug-likeness (QED) is 0.442. The van der Waals surface area contributed by atoms with E-state index >= 15 is 0 Å². The molecule has 3 aromatic carbocycles. The number of Topliss-reactive ketones (excluding diaryl/α,β-unsaturated/α-hetero) is 1. The molecule has 1 aliphatic rings. The number of ether oxygens (including phenoxy) is 2. The van der Waals surface area contributed by atoms with Crippen molar-refractivity contribution >= 4 is 22.7 Å². The molecule has 0 spiro atoms. The fourth-order valence-corrected chi connectivity index (χ4v) is 3.81. The highest BCUT2D eigenvalue weighted by atomic mass is 32.2. The van der Waals surface area contributed by atoms with Gasteiger partial charge < -0.3 is 14.8 Å². The van der Waals surface area contributed by atoms with E-state index < -0.39 is 23.3 Å². The van der Waals surface area contributed by atoms with E-state index in [9.17, 15) is 18.0 Å². The Morgan fingerprint density at radius 1 is 0.970 bits per heavy atom. The number of rotatable bonds is 8. The smallest absolute Gasteiger partial charge is 0.416 e. The van der Waals surface area contributed by atoms with E-state index in [1.165, 1.54) is 17.8 Å². The molecule has 0 fully saturated rings. The maximum Gasteiger partial charge on any atom is 0.416 e. The molecule has 5 nitrogen and oxygen atoms in total. The van der Waals surface area contributed by atoms with Gasteiger partial charge in [-0.05, 0) is 42.0 Å². The third kappa shape index (κ3) is 6.07. The number of ketones is 1. The summed E-state index contributed by atoms with van der Waals surface area (Å²) in [5, 5.41) is 2.82. The lowest BCUT2D eigenvalue weighted by Gasteiger charge is -2.28. The first-order chi connectivity index (χ1) is 15.9. The number of alkyl halides is 3. The van der Waals surface area contributed by atoms with Gasteiger partial charge in [-0.3, -0.25) is 4.79 Å². The summed E-state index contributed by atoms with van der Waals surface area (Å²) in [6, 6.07) is 22.7. The average Bonchev–Trinajstić information content (AvgIpc) is 2.79. The average molecular weight is 472 g/mol. The lowest BCUT2D eigenvalue weighted by molar-refractivity contribution is -0.137. The van der Waals surface area contributed by atoms with Crippen LogP contribution in [0, 0.1) is 0 Å². The third-order valence-corrected chi connectivity index (χ3v) is 5.67. The molecule has 0 amide bonds. The van der Waals surface area contributed by atoms with Gasteiger partial charge >= 0.3 is 6.18 Å². The molecule has 4 rings (SSSR count). The van der Waals surface area contributed by atoms with Crippen molar-refractivity contribution < 1.29 is 27.4 Å². The summed E-state index contributed by atoms with van der Waals surface area (Å²) in [6.45, 7) is -0.233. The molecule has 170 valence electrons. The second-order valence-electron chi connectivity index (χ2n) is 7.05. The summed E-state index contributed by atoms with van der Waals surface area (Å²) in [5.41, 5.74) is -0.296. The molecule has 1 heterocycles. The molecule has 2 atom stereocenters. The highest BCUT2D eigenvalue weighted by Gasteiger charge is 2.33. The second kappa shape index (κ2) is 9.99. The van der Waals surface area contributed by atoms with Crippen molar-refractivity contribution in [2.24, 2.45) is 4.99 Å². The van der Waals surface area contributed by atoms with E-state index in [0.29, 0.717) is 22.2 Å². The number of para-hydroxylation sites is 2. The lowest BCUT2D eigenvalue weighted by Crippen LogP contribution is -2.47. The number of hydrogen-bond donors (Lipinski definition) is 1. The summed E-state index contributed by atoms with van der Waals surface area (Å²) >= 11 is 1.22. The van der Waals surface area contributed by atoms with Gasteiger partial charge in [-0.2, -0.15) is 13.2 Å². The molecule has 0 bridgehead atoms. The van der Waals surface area contributed by atoms with Crippen LogP contribution in [0.3, 0.4) is 0 Å². The van der Waals surface area contributed by atoms with Crippen LogP contribution in [-0.2, 0) is 11.0 Å². The molecule has 3 aromatic rings. The number of benzene rings is 3. The predicted octanol–water partition coefficient (Wildman–Crippen LogP) is 5.45. The number of nitrogens with one attached hydrogen (secondary N) is 1. The van der Waals surface area contributed by atoms with Crippen LogP contribution in [-0.4, -0.2) is 23.8 Å². The van der Waals surface area contributed by atoms with Crippen LogP contribution < -0.4 is 14.8 Å². The van der Waals surface area contributed by atoms with Crippen LogP contribution in [0.1, 0.15) is 16.5 Å². The van der Waals surface area contributed by atoms with Crippen molar-refractivity contribution in [2.45, 2.75) is 17.8 Å². The summed E-state index contributed by atoms with van der Waals surface area (Å²) < 4.78 is 50.2. The molecule has 1 aliphatic heterocycles. The fourth-order valence-electron chi connectivity index (χ4n) is 2.97. The van der Waals surface area contributed by atoms with Gasteiger partial charge in [0.1, 0.15) is 16.9 Å². The van der Waals surface area contributed by atoms with Crippen LogP contribution in [0.25, 0.3) is 0 Å². The highest BCUT2D eigenvalue weighted by molar-refractivity contribution is 8.15. The molecule has 0 radical (unpaired) electrons. The first-order valence-electron chi connectivity index (χ1n) is 9.99. The van der Waals surface area contributed by atoms with E-state index in [-0.39, 0.29) is 12.4 Å². The van der Waals surface area contributed by atoms with Crippen molar-refractivity contribution in [3.05, 3.63) is 96.1 Å². The van der Waals surface area contributed by atoms with Gasteiger partial charge in [-0.1, -0.05) is 60.3 Å². The second-order valence-corrected chi connectivity index (χ2v) is 8.12. The lowest BCUT2D eigenvalue weighted by atomic mass is 10.1. The highest BCUT2D eigenvalue weighted by Crippen LogP contribution is 2.41. The number of thioether (sulfide) groups is 1. The zero-order chi connectivity index (χ0) is 23.3. The number of carbonyl (C=O) groups excluding carboxylic acids is 1. The Kier molecular flexibility index (Phi) is 6.88. The molecule has 9 heteroatoms. The minimum absolute atomic E-state index is 0.233. The Balaban J connectivity index is 1.43. The molecular weight excluding hydrogens is 453 g/mol. The Bertz CT molecular complexity index is 1120. The Morgan fingerprint density at radius 3 is 2.24 bits per heavy atom. The Labute approximate surface area is 192 Å². The molecule has 0 aliphatic carbocycles. The van der Waals surface area contributed by atoms with Crippen molar-refractivity contribution in [3.63, 3.8) is 0 Å². The van der Waals surface area contributed by atoms with E-state index in [1.54, 1.807) is 54.6 Å². The minimum Gasteiger partial charge on any atom is -0.486 e. The third-order valence-electron chi connectivity index (χ3n) is 4.63. The van der Waals surface area contributed by atoms with Crippen molar-refractivity contribution in [2.75, 3.05) is 6.61 Å². The summed E-state index contributed by atoms with van der Waals surface area (Å²) in [5.74, 6) is 0.653. The Hall–Kier alpha value is -3.46. The van der Waals surface area contributed by atoms with Crippen molar-refractivity contribution in [3.8, 4) is 11.5 Å². The van der Waals surface area contributed by atoms with Crippen LogP contribution in [0.2, 0.25) is 0 Å². The van der Waals surface area contributed by atoms with Crippen LogP contribution in [0.5, 0.6) is 11.5 Å². The number of halogens is 3. The molecule has 0 saturated heterocycles. The zero-order valence-corrected chi connectivity index (χ0v) is 18.0. The number of aliphatic imine (C=N–C) groups is 1. The maximum absolute atomic E-state index is 13.0. The summed E-state index contributed by atoms with van der Waals surface area (Å²) in [4.78, 5) is 17.1. The molecule has 0 saturated carbocycles. The molecule has 1 N–H and O–H groups in total. The molecular formula is C24H19F3N2O3S. The first-order valence-corrected chi connectivity index (χ1v) is 10.9. The van der Waals surface area contributed by atoms with E-state index in [0.717, 1.165) is 12.1 Å². The van der Waals surface area contributed by atoms with Crippen LogP contribution in [0.15, 0.2) is 89.9 Å². The zero-order valence-electron chi connectivity index (χ0n) is 17.2. The van der Waals surface area contributed by atoms with Crippen molar-refractivity contribution in [1.29, 1.82) is 0 Å². The van der Waals surface area contributed by atoms with Crippen LogP contribution >= 0.6 is 11.8 Å². The SMILES string of the molecule is O=C(COc1ccccc1)[C@H](NC1=NC(c2cccc(C(F)(F)F)c2)S1)Oc1ccccc1. The summed E-state index contributed by atoms with van der Waals surface area (Å²) in [6.07, 6.45) is -5.50. The number of hydrogen-bond acceptors (Lipinski definition) is 6. The van der Waals surface area contributed by atoms with Gasteiger partial charge in [-0.25, -0.2) is 4.99 Å². The maximum atomic E-state index is 13.0. The fraction of sp³-hybridized carbons (Fsp3) is 0.167. The number of amidine groups is 1. The van der Waals surface area contributed by atoms with Gasteiger partial charge in [0.25, 0.3) is 0 Å². The van der Waals surface area contributed by atoms with E-state index in [1.807, 2.05) is 12.1 Å². The van der Waals surface area contributed by atoms with Gasteiger partial charge in [0.2, 0.25) is 12.0 Å². The van der Waals surface area contributed by atoms with E-state index in [2.05, 4.69) is 10.3 Å². The topological polar surface area (TPSA) is 59.9 Å². The predicted molar refractivity (Wildman–Crippen MR) is 120 cm³/mol. The monoisotopic (exact) mass is 472 g/mol. The standard InChI is InChI=1S/C24H19F3N2O3S/c25-24(26,27)17-9-7-8-16(14-17)22-29-23(33-22)28-21(32-19-12-5-2-6-13-19)20(30)15-31-18-10-3-1-4-11-18/h1-14,21-22H,15H2,(H,28,29)/t21-,22?/m1/s1. The first kappa shape index (κ1) is 22.7. The van der Waals surface area contributed by atoms with Crippen molar-refractivity contribution in [1.82, 2.24) is 5.32 Å². The molecule has 0 aromatic heterocycles. The summed E-state index contributed by atoms with van der Waals surface area (Å²) in [7, 11) is 0. The normalized spacial score (nSPS) is 16.2. The van der Waals surface area contributed by atoms with Gasteiger partial charge in [0, 0.05) is 0 Å². The van der Waals surface area contributed by atoms with Gasteiger partial charge in [-0.15, -0.1) is 0 Å². The molecule has 33 heavy (non-hydrogen) atoms. The van der Waals surface area contributed by atoms with Gasteiger partial charge in [0.05, 0.1) is 5.56 Å². The molecule has 1 unspecified atom stereocenters.